The minimum absolute atomic E-state index is 0.0491. The molecule has 0 amide bonds. The Morgan fingerprint density at radius 2 is 2.21 bits per heavy atom. The summed E-state index contributed by atoms with van der Waals surface area (Å²) in [6.45, 7) is 1.69. The molecule has 0 saturated carbocycles. The minimum atomic E-state index is -0.553. The average Bonchev–Trinajstić information content (AvgIpc) is 3.16. The molecule has 0 aliphatic rings. The normalized spacial score (nSPS) is 11.2. The van der Waals surface area contributed by atoms with Gasteiger partial charge >= 0.3 is 5.97 Å². The first-order chi connectivity index (χ1) is 11.6. The van der Waals surface area contributed by atoms with E-state index >= 15 is 0 Å². The van der Waals surface area contributed by atoms with E-state index in [0.717, 1.165) is 5.52 Å². The fraction of sp³-hybridized carbons (Fsp3) is 0.133. The second kappa shape index (κ2) is 5.53. The minimum Gasteiger partial charge on any atom is -0.453 e. The van der Waals surface area contributed by atoms with Crippen LogP contribution >= 0.6 is 11.3 Å². The lowest BCUT2D eigenvalue weighted by molar-refractivity contribution is 0.0466. The zero-order valence-corrected chi connectivity index (χ0v) is 13.3. The SMILES string of the molecule is Cc1cc(=O)n2nc(COC(=O)c3n[nH]c4ccccc34)sc2n1. The number of H-pyrrole nitrogens is 1. The van der Waals surface area contributed by atoms with E-state index in [9.17, 15) is 9.59 Å². The molecule has 3 aromatic heterocycles. The molecule has 3 heterocycles. The highest BCUT2D eigenvalue weighted by Gasteiger charge is 2.16. The van der Waals surface area contributed by atoms with E-state index in [1.807, 2.05) is 18.2 Å². The first-order valence-electron chi connectivity index (χ1n) is 7.08. The number of fused-ring (bicyclic) bond motifs is 2. The Morgan fingerprint density at radius 1 is 1.38 bits per heavy atom. The van der Waals surface area contributed by atoms with Gasteiger partial charge in [-0.25, -0.2) is 9.78 Å². The molecule has 0 fully saturated rings. The van der Waals surface area contributed by atoms with Gasteiger partial charge in [0.1, 0.15) is 6.61 Å². The van der Waals surface area contributed by atoms with Crippen molar-refractivity contribution in [2.24, 2.45) is 0 Å². The van der Waals surface area contributed by atoms with Gasteiger partial charge in [-0.2, -0.15) is 14.7 Å². The molecule has 0 spiro atoms. The average molecular weight is 341 g/mol. The monoisotopic (exact) mass is 341 g/mol. The molecule has 4 rings (SSSR count). The quantitative estimate of drug-likeness (QED) is 0.569. The van der Waals surface area contributed by atoms with E-state index in [-0.39, 0.29) is 17.9 Å². The van der Waals surface area contributed by atoms with Gasteiger partial charge < -0.3 is 4.74 Å². The number of carbonyl (C=O) groups excluding carboxylic acids is 1. The molecule has 0 unspecified atom stereocenters. The molecule has 8 nitrogen and oxygen atoms in total. The van der Waals surface area contributed by atoms with Crippen molar-refractivity contribution in [3.63, 3.8) is 0 Å². The maximum absolute atomic E-state index is 12.2. The van der Waals surface area contributed by atoms with Crippen LogP contribution in [0.3, 0.4) is 0 Å². The maximum Gasteiger partial charge on any atom is 0.359 e. The van der Waals surface area contributed by atoms with Gasteiger partial charge in [0.25, 0.3) is 5.56 Å². The van der Waals surface area contributed by atoms with Crippen LogP contribution in [0.1, 0.15) is 21.2 Å². The smallest absolute Gasteiger partial charge is 0.359 e. The van der Waals surface area contributed by atoms with Crippen molar-refractivity contribution in [3.8, 4) is 0 Å². The number of rotatable bonds is 3. The van der Waals surface area contributed by atoms with Crippen molar-refractivity contribution in [2.75, 3.05) is 0 Å². The van der Waals surface area contributed by atoms with Crippen LogP contribution in [0.4, 0.5) is 0 Å². The Morgan fingerprint density at radius 3 is 3.08 bits per heavy atom. The van der Waals surface area contributed by atoms with E-state index in [2.05, 4.69) is 20.3 Å². The first kappa shape index (κ1) is 14.5. The Labute approximate surface area is 138 Å². The third kappa shape index (κ3) is 2.44. The molecule has 0 saturated heterocycles. The number of aromatic nitrogens is 5. The number of hydrogen-bond donors (Lipinski definition) is 1. The van der Waals surface area contributed by atoms with E-state index in [1.165, 1.54) is 21.9 Å². The van der Waals surface area contributed by atoms with Crippen LogP contribution < -0.4 is 5.56 Å². The molecule has 1 N–H and O–H groups in total. The third-order valence-corrected chi connectivity index (χ3v) is 4.29. The number of hydrogen-bond acceptors (Lipinski definition) is 7. The Hall–Kier alpha value is -3.07. The topological polar surface area (TPSA) is 102 Å². The van der Waals surface area contributed by atoms with Crippen LogP contribution in [0.25, 0.3) is 15.9 Å². The van der Waals surface area contributed by atoms with Crippen LogP contribution in [-0.2, 0) is 11.3 Å². The zero-order valence-electron chi connectivity index (χ0n) is 12.5. The van der Waals surface area contributed by atoms with Gasteiger partial charge in [0, 0.05) is 17.1 Å². The van der Waals surface area contributed by atoms with Crippen molar-refractivity contribution < 1.29 is 9.53 Å². The molecule has 0 aliphatic heterocycles. The van der Waals surface area contributed by atoms with Gasteiger partial charge in [-0.3, -0.25) is 9.89 Å². The van der Waals surface area contributed by atoms with Crippen LogP contribution in [0, 0.1) is 6.92 Å². The summed E-state index contributed by atoms with van der Waals surface area (Å²) in [4.78, 5) is 28.8. The molecule has 0 atom stereocenters. The molecule has 9 heteroatoms. The predicted octanol–water partition coefficient (Wildman–Crippen LogP) is 1.69. The molecule has 0 bridgehead atoms. The highest BCUT2D eigenvalue weighted by atomic mass is 32.1. The second-order valence-electron chi connectivity index (χ2n) is 5.12. The van der Waals surface area contributed by atoms with Gasteiger partial charge in [-0.05, 0) is 13.0 Å². The maximum atomic E-state index is 12.2. The summed E-state index contributed by atoms with van der Waals surface area (Å²) in [5.74, 6) is -0.553. The van der Waals surface area contributed by atoms with Crippen molar-refractivity contribution in [3.05, 3.63) is 57.1 Å². The third-order valence-electron chi connectivity index (χ3n) is 3.41. The lowest BCUT2D eigenvalue weighted by Gasteiger charge is -1.99. The summed E-state index contributed by atoms with van der Waals surface area (Å²) in [5.41, 5.74) is 1.34. The lowest BCUT2D eigenvalue weighted by Crippen LogP contribution is -2.14. The Balaban J connectivity index is 1.57. The number of benzene rings is 1. The number of carbonyl (C=O) groups is 1. The highest BCUT2D eigenvalue weighted by molar-refractivity contribution is 7.16. The molecule has 120 valence electrons. The van der Waals surface area contributed by atoms with Crippen LogP contribution in [-0.4, -0.2) is 30.8 Å². The molecular formula is C15H11N5O3S. The molecule has 4 aromatic rings. The van der Waals surface area contributed by atoms with Crippen LogP contribution in [0.5, 0.6) is 0 Å². The van der Waals surface area contributed by atoms with Crippen molar-refractivity contribution >= 4 is 33.2 Å². The standard InChI is InChI=1S/C15H11N5O3S/c1-8-6-12(21)20-15(16-8)24-11(19-20)7-23-14(22)13-9-4-2-3-5-10(9)17-18-13/h2-6H,7H2,1H3,(H,17,18). The number of ether oxygens (including phenoxy) is 1. The summed E-state index contributed by atoms with van der Waals surface area (Å²) in [6, 6.07) is 8.69. The molecule has 24 heavy (non-hydrogen) atoms. The predicted molar refractivity (Wildman–Crippen MR) is 87.1 cm³/mol. The zero-order chi connectivity index (χ0) is 16.7. The number of nitrogens with zero attached hydrogens (tertiary/aromatic N) is 4. The number of aryl methyl sites for hydroxylation is 1. The summed E-state index contributed by atoms with van der Waals surface area (Å²) < 4.78 is 6.46. The summed E-state index contributed by atoms with van der Waals surface area (Å²) in [5, 5.41) is 12.1. The number of para-hydroxylation sites is 1. The fourth-order valence-electron chi connectivity index (χ4n) is 2.33. The van der Waals surface area contributed by atoms with E-state index in [0.29, 0.717) is 21.0 Å². The lowest BCUT2D eigenvalue weighted by atomic mass is 10.2. The second-order valence-corrected chi connectivity index (χ2v) is 6.16. The number of nitrogens with one attached hydrogen (secondary N) is 1. The fourth-order valence-corrected chi connectivity index (χ4v) is 3.19. The summed E-state index contributed by atoms with van der Waals surface area (Å²) in [7, 11) is 0. The summed E-state index contributed by atoms with van der Waals surface area (Å²) >= 11 is 1.20. The van der Waals surface area contributed by atoms with Crippen molar-refractivity contribution in [1.82, 2.24) is 24.8 Å². The van der Waals surface area contributed by atoms with Crippen molar-refractivity contribution in [2.45, 2.75) is 13.5 Å². The Kier molecular flexibility index (Phi) is 3.35. The largest absolute Gasteiger partial charge is 0.453 e. The number of aromatic amines is 1. The molecule has 0 aliphatic carbocycles. The number of esters is 1. The molecule has 0 radical (unpaired) electrons. The summed E-state index contributed by atoms with van der Waals surface area (Å²) in [6.07, 6.45) is 0. The van der Waals surface area contributed by atoms with Crippen LogP contribution in [0.15, 0.2) is 35.1 Å². The van der Waals surface area contributed by atoms with Crippen molar-refractivity contribution in [1.29, 1.82) is 0 Å². The van der Waals surface area contributed by atoms with Gasteiger partial charge in [0.2, 0.25) is 4.96 Å². The van der Waals surface area contributed by atoms with Gasteiger partial charge in [-0.15, -0.1) is 0 Å². The van der Waals surface area contributed by atoms with E-state index < -0.39 is 5.97 Å². The highest BCUT2D eigenvalue weighted by Crippen LogP contribution is 2.17. The molecule has 1 aromatic carbocycles. The van der Waals surface area contributed by atoms with Gasteiger partial charge in [0.05, 0.1) is 5.52 Å². The Bertz CT molecular complexity index is 1130. The van der Waals surface area contributed by atoms with Gasteiger partial charge in [0.15, 0.2) is 10.7 Å². The van der Waals surface area contributed by atoms with E-state index in [4.69, 9.17) is 4.74 Å². The van der Waals surface area contributed by atoms with Crippen LogP contribution in [0.2, 0.25) is 0 Å². The van der Waals surface area contributed by atoms with Gasteiger partial charge in [-0.1, -0.05) is 29.5 Å². The molecular weight excluding hydrogens is 330 g/mol. The first-order valence-corrected chi connectivity index (χ1v) is 7.90. The van der Waals surface area contributed by atoms with E-state index in [1.54, 1.807) is 13.0 Å².